The van der Waals surface area contributed by atoms with E-state index in [1.165, 1.54) is 16.9 Å². The van der Waals surface area contributed by atoms with Crippen molar-refractivity contribution >= 4 is 17.2 Å². The fraction of sp³-hybridized carbons (Fsp3) is 0.353. The smallest absolute Gasteiger partial charge is 0.262 e. The van der Waals surface area contributed by atoms with E-state index in [0.717, 1.165) is 16.9 Å². The second-order valence-corrected chi connectivity index (χ2v) is 6.42. The lowest BCUT2D eigenvalue weighted by atomic mass is 9.97. The number of hydrogen-bond donors (Lipinski definition) is 1. The van der Waals surface area contributed by atoms with Crippen LogP contribution in [0.4, 0.5) is 0 Å². The van der Waals surface area contributed by atoms with Gasteiger partial charge in [-0.2, -0.15) is 0 Å². The van der Waals surface area contributed by atoms with E-state index in [1.807, 2.05) is 36.6 Å². The second kappa shape index (κ2) is 6.71. The van der Waals surface area contributed by atoms with Crippen molar-refractivity contribution in [3.8, 4) is 0 Å². The topological polar surface area (TPSA) is 29.1 Å². The van der Waals surface area contributed by atoms with Crippen LogP contribution in [0.3, 0.4) is 0 Å². The molecule has 2 nitrogen and oxygen atoms in total. The predicted octanol–water partition coefficient (Wildman–Crippen LogP) is 4.57. The molecule has 2 rings (SSSR count). The molecule has 0 saturated carbocycles. The van der Waals surface area contributed by atoms with Crippen molar-refractivity contribution in [3.05, 3.63) is 57.8 Å². The summed E-state index contributed by atoms with van der Waals surface area (Å²) in [7, 11) is 0. The fourth-order valence-electron chi connectivity index (χ4n) is 2.26. The summed E-state index contributed by atoms with van der Waals surface area (Å²) < 4.78 is 0. The summed E-state index contributed by atoms with van der Waals surface area (Å²) in [5.74, 6) is 0.567. The number of carbonyl (C=O) groups is 1. The molecule has 0 radical (unpaired) electrons. The lowest BCUT2D eigenvalue weighted by Gasteiger charge is -2.21. The number of carbonyl (C=O) groups excluding carboxylic acids is 1. The molecule has 1 atom stereocenters. The average molecular weight is 287 g/mol. The van der Waals surface area contributed by atoms with E-state index in [2.05, 4.69) is 31.3 Å². The van der Waals surface area contributed by atoms with E-state index >= 15 is 0 Å². The van der Waals surface area contributed by atoms with Crippen LogP contribution < -0.4 is 5.32 Å². The minimum Gasteiger partial charge on any atom is -0.345 e. The maximum absolute atomic E-state index is 12.4. The van der Waals surface area contributed by atoms with Crippen molar-refractivity contribution in [2.75, 3.05) is 0 Å². The van der Waals surface area contributed by atoms with E-state index in [4.69, 9.17) is 0 Å². The van der Waals surface area contributed by atoms with Gasteiger partial charge in [-0.05, 0) is 41.8 Å². The molecule has 0 aliphatic rings. The molecule has 1 heterocycles. The fourth-order valence-corrected chi connectivity index (χ4v) is 3.09. The van der Waals surface area contributed by atoms with Gasteiger partial charge in [0, 0.05) is 0 Å². The molecule has 3 heteroatoms. The molecule has 0 fully saturated rings. The zero-order valence-corrected chi connectivity index (χ0v) is 13.0. The van der Waals surface area contributed by atoms with Crippen molar-refractivity contribution in [1.82, 2.24) is 5.32 Å². The molecule has 1 N–H and O–H groups in total. The summed E-state index contributed by atoms with van der Waals surface area (Å²) >= 11 is 1.50. The molecule has 0 bridgehead atoms. The van der Waals surface area contributed by atoms with Gasteiger partial charge in [0.1, 0.15) is 0 Å². The molecule has 20 heavy (non-hydrogen) atoms. The van der Waals surface area contributed by atoms with Crippen molar-refractivity contribution in [1.29, 1.82) is 0 Å². The van der Waals surface area contributed by atoms with Gasteiger partial charge in [-0.15, -0.1) is 11.3 Å². The van der Waals surface area contributed by atoms with Crippen LogP contribution in [0.15, 0.2) is 41.8 Å². The summed E-state index contributed by atoms with van der Waals surface area (Å²) in [6.45, 7) is 6.34. The van der Waals surface area contributed by atoms with E-state index < -0.39 is 0 Å². The molecular formula is C17H21NOS. The van der Waals surface area contributed by atoms with Gasteiger partial charge in [0.2, 0.25) is 0 Å². The highest BCUT2D eigenvalue weighted by Crippen LogP contribution is 2.23. The predicted molar refractivity (Wildman–Crippen MR) is 85.2 cm³/mol. The molecule has 0 spiro atoms. The molecular weight excluding hydrogens is 266 g/mol. The first-order valence-corrected chi connectivity index (χ1v) is 7.85. The van der Waals surface area contributed by atoms with E-state index in [1.54, 1.807) is 0 Å². The van der Waals surface area contributed by atoms with Crippen molar-refractivity contribution < 1.29 is 4.79 Å². The maximum Gasteiger partial charge on any atom is 0.262 e. The van der Waals surface area contributed by atoms with E-state index in [-0.39, 0.29) is 11.9 Å². The molecule has 1 unspecified atom stereocenters. The average Bonchev–Trinajstić information content (AvgIpc) is 2.85. The van der Waals surface area contributed by atoms with Gasteiger partial charge in [-0.3, -0.25) is 4.79 Å². The standard InChI is InChI=1S/C17H21NOS/c1-12(2)11-15(14-7-5-4-6-8-14)18-17(19)16-13(3)9-10-20-16/h4-10,12,15H,11H2,1-3H3,(H,18,19). The van der Waals surface area contributed by atoms with Gasteiger partial charge in [-0.25, -0.2) is 0 Å². The van der Waals surface area contributed by atoms with E-state index in [9.17, 15) is 4.79 Å². The Bertz CT molecular complexity index is 559. The SMILES string of the molecule is Cc1ccsc1C(=O)NC(CC(C)C)c1ccccc1. The van der Waals surface area contributed by atoms with Crippen molar-refractivity contribution in [3.63, 3.8) is 0 Å². The number of nitrogens with one attached hydrogen (secondary N) is 1. The Balaban J connectivity index is 2.16. The third-order valence-electron chi connectivity index (χ3n) is 3.28. The minimum absolute atomic E-state index is 0.0343. The summed E-state index contributed by atoms with van der Waals surface area (Å²) in [6, 6.07) is 12.3. The maximum atomic E-state index is 12.4. The van der Waals surface area contributed by atoms with Crippen LogP contribution >= 0.6 is 11.3 Å². The molecule has 1 amide bonds. The zero-order valence-electron chi connectivity index (χ0n) is 12.2. The largest absolute Gasteiger partial charge is 0.345 e. The number of rotatable bonds is 5. The minimum atomic E-state index is 0.0343. The number of hydrogen-bond acceptors (Lipinski definition) is 2. The van der Waals surface area contributed by atoms with Crippen LogP contribution in [-0.4, -0.2) is 5.91 Å². The highest BCUT2D eigenvalue weighted by atomic mass is 32.1. The van der Waals surface area contributed by atoms with Gasteiger partial charge in [0.15, 0.2) is 0 Å². The van der Waals surface area contributed by atoms with Gasteiger partial charge < -0.3 is 5.32 Å². The number of amides is 1. The molecule has 2 aromatic rings. The van der Waals surface area contributed by atoms with Crippen molar-refractivity contribution in [2.45, 2.75) is 33.2 Å². The van der Waals surface area contributed by atoms with Gasteiger partial charge in [-0.1, -0.05) is 44.2 Å². The molecule has 1 aromatic heterocycles. The second-order valence-electron chi connectivity index (χ2n) is 5.50. The van der Waals surface area contributed by atoms with Crippen LogP contribution in [0.25, 0.3) is 0 Å². The Labute approximate surface area is 124 Å². The van der Waals surface area contributed by atoms with E-state index in [0.29, 0.717) is 5.92 Å². The summed E-state index contributed by atoms with van der Waals surface area (Å²) in [5.41, 5.74) is 2.22. The normalized spacial score (nSPS) is 12.4. The van der Waals surface area contributed by atoms with Crippen LogP contribution in [-0.2, 0) is 0 Å². The highest BCUT2D eigenvalue weighted by molar-refractivity contribution is 7.12. The van der Waals surface area contributed by atoms with Gasteiger partial charge in [0.05, 0.1) is 10.9 Å². The first-order valence-electron chi connectivity index (χ1n) is 6.98. The number of aryl methyl sites for hydroxylation is 1. The molecule has 0 saturated heterocycles. The summed E-state index contributed by atoms with van der Waals surface area (Å²) in [5, 5.41) is 5.14. The van der Waals surface area contributed by atoms with Crippen LogP contribution in [0.2, 0.25) is 0 Å². The highest BCUT2D eigenvalue weighted by Gasteiger charge is 2.18. The van der Waals surface area contributed by atoms with Crippen LogP contribution in [0.1, 0.15) is 47.1 Å². The lowest BCUT2D eigenvalue weighted by molar-refractivity contribution is 0.0935. The number of benzene rings is 1. The van der Waals surface area contributed by atoms with Crippen molar-refractivity contribution in [2.24, 2.45) is 5.92 Å². The third kappa shape index (κ3) is 3.70. The van der Waals surface area contributed by atoms with Gasteiger partial charge in [0.25, 0.3) is 5.91 Å². The Morgan fingerprint density at radius 2 is 1.90 bits per heavy atom. The quantitative estimate of drug-likeness (QED) is 0.857. The summed E-state index contributed by atoms with van der Waals surface area (Å²) in [6.07, 6.45) is 0.945. The molecule has 1 aromatic carbocycles. The zero-order chi connectivity index (χ0) is 14.5. The summed E-state index contributed by atoms with van der Waals surface area (Å²) in [4.78, 5) is 13.2. The van der Waals surface area contributed by atoms with Crippen LogP contribution in [0, 0.1) is 12.8 Å². The third-order valence-corrected chi connectivity index (χ3v) is 4.30. The first-order chi connectivity index (χ1) is 9.58. The Kier molecular flexibility index (Phi) is 4.96. The van der Waals surface area contributed by atoms with Crippen LogP contribution in [0.5, 0.6) is 0 Å². The Morgan fingerprint density at radius 3 is 2.45 bits per heavy atom. The molecule has 0 aliphatic heterocycles. The monoisotopic (exact) mass is 287 g/mol. The number of thiophene rings is 1. The first kappa shape index (κ1) is 14.8. The Hall–Kier alpha value is -1.61. The van der Waals surface area contributed by atoms with Gasteiger partial charge >= 0.3 is 0 Å². The lowest BCUT2D eigenvalue weighted by Crippen LogP contribution is -2.29. The molecule has 0 aliphatic carbocycles. The Morgan fingerprint density at radius 1 is 1.20 bits per heavy atom. The molecule has 106 valence electrons.